The van der Waals surface area contributed by atoms with Crippen LogP contribution in [0.1, 0.15) is 78.9 Å². The summed E-state index contributed by atoms with van der Waals surface area (Å²) in [5.74, 6) is 2.52. The molecule has 5 fully saturated rings. The average Bonchev–Trinajstić information content (AvgIpc) is 3.60. The molecular weight excluding hydrogens is 504 g/mol. The molecule has 4 aromatic heterocycles. The molecule has 0 amide bonds. The minimum atomic E-state index is -0.445. The largest absolute Gasteiger partial charge is 0.465 e. The third-order valence-electron chi connectivity index (χ3n) is 10.2. The molecule has 4 aromatic rings. The first-order valence-electron chi connectivity index (χ1n) is 14.6. The smallest absolute Gasteiger partial charge is 0.342 e. The second-order valence-corrected chi connectivity index (χ2v) is 13.0. The Hall–Kier alpha value is -3.75. The molecule has 9 heteroatoms. The number of nitrogens with zero attached hydrogens (tertiary/aromatic N) is 5. The van der Waals surface area contributed by atoms with E-state index in [2.05, 4.69) is 26.8 Å². The van der Waals surface area contributed by atoms with Gasteiger partial charge in [-0.15, -0.1) is 0 Å². The molecule has 5 saturated carbocycles. The van der Waals surface area contributed by atoms with Crippen LogP contribution in [-0.2, 0) is 11.3 Å². The van der Waals surface area contributed by atoms with Crippen molar-refractivity contribution in [2.45, 2.75) is 70.8 Å². The number of hydrogen-bond donors (Lipinski definition) is 1. The second-order valence-electron chi connectivity index (χ2n) is 13.0. The molecule has 4 heterocycles. The van der Waals surface area contributed by atoms with Gasteiger partial charge in [-0.05, 0) is 99.5 Å². The van der Waals surface area contributed by atoms with Crippen LogP contribution in [0.15, 0.2) is 35.5 Å². The van der Waals surface area contributed by atoms with Crippen molar-refractivity contribution in [1.29, 1.82) is 0 Å². The fraction of sp³-hybridized carbons (Fsp3) is 0.516. The number of aromatic amines is 1. The Kier molecular flexibility index (Phi) is 5.19. The third-order valence-corrected chi connectivity index (χ3v) is 10.2. The minimum Gasteiger partial charge on any atom is -0.465 e. The van der Waals surface area contributed by atoms with Crippen molar-refractivity contribution >= 4 is 11.6 Å². The average molecular weight is 539 g/mol. The number of hydrogen-bond acceptors (Lipinski definition) is 6. The summed E-state index contributed by atoms with van der Waals surface area (Å²) in [6.45, 7) is 3.06. The summed E-state index contributed by atoms with van der Waals surface area (Å²) in [6.07, 6.45) is 15.8. The molecule has 5 aliphatic rings. The van der Waals surface area contributed by atoms with Gasteiger partial charge in [0, 0.05) is 35.1 Å². The van der Waals surface area contributed by atoms with Gasteiger partial charge in [0.25, 0.3) is 5.56 Å². The number of imidazole rings is 1. The van der Waals surface area contributed by atoms with Gasteiger partial charge in [0.1, 0.15) is 11.3 Å². The van der Waals surface area contributed by atoms with Gasteiger partial charge in [-0.3, -0.25) is 13.9 Å². The molecule has 1 N–H and O–H groups in total. The van der Waals surface area contributed by atoms with Crippen molar-refractivity contribution in [3.8, 4) is 22.5 Å². The number of fused-ring (bicyclic) bond motifs is 1. The Morgan fingerprint density at radius 2 is 1.82 bits per heavy atom. The van der Waals surface area contributed by atoms with E-state index in [1.165, 1.54) is 45.6 Å². The normalized spacial score (nSPS) is 27.0. The van der Waals surface area contributed by atoms with Crippen LogP contribution >= 0.6 is 0 Å². The predicted octanol–water partition coefficient (Wildman–Crippen LogP) is 5.14. The molecule has 0 spiro atoms. The highest BCUT2D eigenvalue weighted by atomic mass is 16.5. The van der Waals surface area contributed by atoms with Gasteiger partial charge < -0.3 is 4.74 Å². The molecule has 4 bridgehead atoms. The standard InChI is InChI=1S/C31H34N6O3/c1-17-24(14-33-37(17)16-31-11-18-7-19(12-31)9-20(8-18)13-31)22-5-6-36-26(15-32-28(36)27(22)30(39)40-2)25-10-23(21-3-4-21)29(38)35-34-25/h5-6,10,14-15,18-21H,3-4,7-9,11-13,16H2,1-2H3,(H,35,38). The number of pyridine rings is 1. The van der Waals surface area contributed by atoms with E-state index in [4.69, 9.17) is 9.84 Å². The minimum absolute atomic E-state index is 0.140. The van der Waals surface area contributed by atoms with Gasteiger partial charge in [-0.2, -0.15) is 10.2 Å². The summed E-state index contributed by atoms with van der Waals surface area (Å²) in [4.78, 5) is 30.2. The maximum Gasteiger partial charge on any atom is 0.342 e. The number of rotatable bonds is 6. The molecule has 0 radical (unpaired) electrons. The Morgan fingerprint density at radius 1 is 1.10 bits per heavy atom. The third kappa shape index (κ3) is 3.69. The number of carbonyl (C=O) groups excluding carboxylic acids is 1. The van der Waals surface area contributed by atoms with E-state index in [1.807, 2.05) is 28.9 Å². The van der Waals surface area contributed by atoms with Crippen LogP contribution in [0, 0.1) is 30.1 Å². The van der Waals surface area contributed by atoms with E-state index in [0.717, 1.165) is 59.5 Å². The van der Waals surface area contributed by atoms with Crippen LogP contribution in [0.3, 0.4) is 0 Å². The molecule has 40 heavy (non-hydrogen) atoms. The van der Waals surface area contributed by atoms with E-state index in [0.29, 0.717) is 33.9 Å². The van der Waals surface area contributed by atoms with E-state index in [9.17, 15) is 9.59 Å². The van der Waals surface area contributed by atoms with Crippen LogP contribution in [0.2, 0.25) is 0 Å². The Bertz CT molecular complexity index is 1690. The van der Waals surface area contributed by atoms with Crippen LogP contribution in [0.4, 0.5) is 0 Å². The van der Waals surface area contributed by atoms with Gasteiger partial charge in [0.05, 0.1) is 25.2 Å². The summed E-state index contributed by atoms with van der Waals surface area (Å²) in [5.41, 5.74) is 5.96. The first-order chi connectivity index (χ1) is 19.4. The van der Waals surface area contributed by atoms with E-state index >= 15 is 0 Å². The fourth-order valence-electron chi connectivity index (χ4n) is 8.69. The number of aromatic nitrogens is 6. The Morgan fingerprint density at radius 3 is 2.50 bits per heavy atom. The van der Waals surface area contributed by atoms with Gasteiger partial charge in [0.15, 0.2) is 5.65 Å². The van der Waals surface area contributed by atoms with Crippen molar-refractivity contribution in [3.05, 3.63) is 57.9 Å². The predicted molar refractivity (Wildman–Crippen MR) is 149 cm³/mol. The topological polar surface area (TPSA) is 107 Å². The Labute approximate surface area is 232 Å². The number of H-pyrrole nitrogens is 1. The monoisotopic (exact) mass is 538 g/mol. The van der Waals surface area contributed by atoms with Crippen LogP contribution < -0.4 is 5.56 Å². The SMILES string of the molecule is COC(=O)c1c(-c2cnn(CC34CC5CC(CC(C5)C3)C4)c2C)ccn2c(-c3cc(C4CC4)c(=O)[nH]n3)cnc12. The van der Waals surface area contributed by atoms with Crippen LogP contribution in [0.5, 0.6) is 0 Å². The van der Waals surface area contributed by atoms with E-state index in [-0.39, 0.29) is 5.56 Å². The van der Waals surface area contributed by atoms with Crippen molar-refractivity contribution in [2.24, 2.45) is 23.2 Å². The fourth-order valence-corrected chi connectivity index (χ4v) is 8.69. The summed E-state index contributed by atoms with van der Waals surface area (Å²) in [6, 6.07) is 3.79. The van der Waals surface area contributed by atoms with Crippen molar-refractivity contribution in [2.75, 3.05) is 7.11 Å². The number of nitrogens with one attached hydrogen (secondary N) is 1. The van der Waals surface area contributed by atoms with Crippen LogP contribution in [0.25, 0.3) is 28.2 Å². The summed E-state index contributed by atoms with van der Waals surface area (Å²) in [7, 11) is 1.40. The summed E-state index contributed by atoms with van der Waals surface area (Å²) >= 11 is 0. The van der Waals surface area contributed by atoms with Crippen LogP contribution in [-0.4, -0.2) is 42.4 Å². The maximum absolute atomic E-state index is 13.2. The molecule has 0 saturated heterocycles. The number of carbonyl (C=O) groups is 1. The van der Waals surface area contributed by atoms with E-state index in [1.54, 1.807) is 6.20 Å². The second kappa shape index (κ2) is 8.62. The highest BCUT2D eigenvalue weighted by Crippen LogP contribution is 2.60. The van der Waals surface area contributed by atoms with Gasteiger partial charge >= 0.3 is 5.97 Å². The number of esters is 1. The van der Waals surface area contributed by atoms with Gasteiger partial charge in [-0.1, -0.05) is 0 Å². The van der Waals surface area contributed by atoms with Gasteiger partial charge in [-0.25, -0.2) is 14.9 Å². The lowest BCUT2D eigenvalue weighted by molar-refractivity contribution is -0.0638. The molecular formula is C31H34N6O3. The van der Waals surface area contributed by atoms with Crippen molar-refractivity contribution < 1.29 is 9.53 Å². The summed E-state index contributed by atoms with van der Waals surface area (Å²) < 4.78 is 9.28. The highest BCUT2D eigenvalue weighted by Gasteiger charge is 2.51. The molecule has 9 rings (SSSR count). The molecule has 206 valence electrons. The lowest BCUT2D eigenvalue weighted by Gasteiger charge is -2.56. The molecule has 0 aliphatic heterocycles. The zero-order chi connectivity index (χ0) is 27.2. The highest BCUT2D eigenvalue weighted by molar-refractivity contribution is 6.03. The quantitative estimate of drug-likeness (QED) is 0.341. The summed E-state index contributed by atoms with van der Waals surface area (Å²) in [5, 5.41) is 11.8. The maximum atomic E-state index is 13.2. The zero-order valence-electron chi connectivity index (χ0n) is 23.0. The molecule has 0 atom stereocenters. The lowest BCUT2D eigenvalue weighted by Crippen LogP contribution is -2.48. The molecule has 0 aromatic carbocycles. The van der Waals surface area contributed by atoms with Gasteiger partial charge in [0.2, 0.25) is 0 Å². The zero-order valence-corrected chi connectivity index (χ0v) is 23.0. The Balaban J connectivity index is 1.19. The van der Waals surface area contributed by atoms with Crippen molar-refractivity contribution in [3.63, 3.8) is 0 Å². The first-order valence-corrected chi connectivity index (χ1v) is 14.6. The van der Waals surface area contributed by atoms with E-state index < -0.39 is 5.97 Å². The van der Waals surface area contributed by atoms with Crippen molar-refractivity contribution in [1.82, 2.24) is 29.4 Å². The lowest BCUT2D eigenvalue weighted by atomic mass is 9.49. The molecule has 0 unspecified atom stereocenters. The molecule has 5 aliphatic carbocycles. The number of methoxy groups -OCH3 is 1. The number of ether oxygens (including phenoxy) is 1. The molecule has 9 nitrogen and oxygen atoms in total. The first kappa shape index (κ1) is 24.1.